The van der Waals surface area contributed by atoms with Gasteiger partial charge in [0.1, 0.15) is 0 Å². The fraction of sp³-hybridized carbons (Fsp3) is 0.769. The monoisotopic (exact) mass is 267 g/mol. The van der Waals surface area contributed by atoms with E-state index in [0.29, 0.717) is 18.6 Å². The normalized spacial score (nSPS) is 25.2. The molecule has 3 rings (SSSR count). The summed E-state index contributed by atoms with van der Waals surface area (Å²) in [6.45, 7) is 5.62. The Morgan fingerprint density at radius 3 is 3.06 bits per heavy atom. The van der Waals surface area contributed by atoms with E-state index >= 15 is 0 Å². The second kappa shape index (κ2) is 5.15. The van der Waals surface area contributed by atoms with Crippen LogP contribution in [0.2, 0.25) is 0 Å². The zero-order valence-electron chi connectivity index (χ0n) is 10.9. The van der Waals surface area contributed by atoms with Gasteiger partial charge in [-0.15, -0.1) is 11.3 Å². The van der Waals surface area contributed by atoms with E-state index in [4.69, 9.17) is 15.5 Å². The van der Waals surface area contributed by atoms with Crippen molar-refractivity contribution in [1.82, 2.24) is 4.98 Å². The Labute approximate surface area is 112 Å². The van der Waals surface area contributed by atoms with E-state index in [1.54, 1.807) is 11.3 Å². The first-order valence-electron chi connectivity index (χ1n) is 6.84. The van der Waals surface area contributed by atoms with Crippen molar-refractivity contribution in [2.24, 2.45) is 5.73 Å². The highest BCUT2D eigenvalue weighted by Gasteiger charge is 2.30. The van der Waals surface area contributed by atoms with E-state index in [1.807, 2.05) is 0 Å². The van der Waals surface area contributed by atoms with E-state index in [1.165, 1.54) is 23.4 Å². The maximum absolute atomic E-state index is 5.84. The Bertz CT molecular complexity index is 416. The first-order valence-corrected chi connectivity index (χ1v) is 7.65. The van der Waals surface area contributed by atoms with Crippen LogP contribution in [0.15, 0.2) is 0 Å². The number of thiazole rings is 1. The molecule has 4 nitrogen and oxygen atoms in total. The zero-order chi connectivity index (χ0) is 12.5. The number of ether oxygens (including phenoxy) is 1. The van der Waals surface area contributed by atoms with Crippen molar-refractivity contribution >= 4 is 16.5 Å². The molecule has 1 aromatic rings. The summed E-state index contributed by atoms with van der Waals surface area (Å²) in [4.78, 5) is 8.50. The molecule has 1 atom stereocenters. The lowest BCUT2D eigenvalue weighted by molar-refractivity contribution is 0.0821. The molecular formula is C13H21N3OS. The van der Waals surface area contributed by atoms with Crippen LogP contribution in [0.4, 0.5) is 5.13 Å². The Morgan fingerprint density at radius 2 is 2.33 bits per heavy atom. The molecule has 0 spiro atoms. The van der Waals surface area contributed by atoms with E-state index < -0.39 is 0 Å². The van der Waals surface area contributed by atoms with E-state index in [0.717, 1.165) is 31.2 Å². The van der Waals surface area contributed by atoms with Gasteiger partial charge in [-0.3, -0.25) is 0 Å². The average molecular weight is 267 g/mol. The lowest BCUT2D eigenvalue weighted by Crippen LogP contribution is -2.29. The van der Waals surface area contributed by atoms with Gasteiger partial charge in [0.2, 0.25) is 0 Å². The van der Waals surface area contributed by atoms with Crippen LogP contribution in [-0.2, 0) is 11.3 Å². The quantitative estimate of drug-likeness (QED) is 0.911. The van der Waals surface area contributed by atoms with Gasteiger partial charge in [-0.25, -0.2) is 4.98 Å². The van der Waals surface area contributed by atoms with Gasteiger partial charge in [-0.2, -0.15) is 0 Å². The van der Waals surface area contributed by atoms with Crippen LogP contribution in [-0.4, -0.2) is 30.8 Å². The summed E-state index contributed by atoms with van der Waals surface area (Å²) in [5.41, 5.74) is 7.12. The smallest absolute Gasteiger partial charge is 0.185 e. The fourth-order valence-corrected chi connectivity index (χ4v) is 3.54. The first-order chi connectivity index (χ1) is 8.78. The summed E-state index contributed by atoms with van der Waals surface area (Å²) in [6.07, 6.45) is 3.95. The minimum Gasteiger partial charge on any atom is -0.377 e. The van der Waals surface area contributed by atoms with Gasteiger partial charge in [-0.1, -0.05) is 0 Å². The minimum absolute atomic E-state index is 0.294. The number of hydrogen-bond donors (Lipinski definition) is 1. The summed E-state index contributed by atoms with van der Waals surface area (Å²) >= 11 is 1.78. The topological polar surface area (TPSA) is 51.4 Å². The molecule has 0 amide bonds. The number of hydrogen-bond acceptors (Lipinski definition) is 5. The van der Waals surface area contributed by atoms with E-state index in [-0.39, 0.29) is 0 Å². The maximum Gasteiger partial charge on any atom is 0.185 e. The van der Waals surface area contributed by atoms with Crippen molar-refractivity contribution in [2.75, 3.05) is 24.6 Å². The van der Waals surface area contributed by atoms with Crippen LogP contribution >= 0.6 is 11.3 Å². The molecule has 2 fully saturated rings. The molecule has 2 N–H and O–H groups in total. The fourth-order valence-electron chi connectivity index (χ4n) is 2.48. The van der Waals surface area contributed by atoms with Gasteiger partial charge in [0.15, 0.2) is 5.13 Å². The molecule has 1 saturated carbocycles. The molecule has 2 aliphatic rings. The van der Waals surface area contributed by atoms with Crippen LogP contribution in [0.1, 0.15) is 42.7 Å². The summed E-state index contributed by atoms with van der Waals surface area (Å²) in [5.74, 6) is 0.689. The van der Waals surface area contributed by atoms with Crippen molar-refractivity contribution in [3.05, 3.63) is 10.6 Å². The predicted octanol–water partition coefficient (Wildman–Crippen LogP) is 2.09. The number of anilines is 1. The molecule has 5 heteroatoms. The van der Waals surface area contributed by atoms with Gasteiger partial charge < -0.3 is 15.4 Å². The van der Waals surface area contributed by atoms with Crippen LogP contribution in [0, 0.1) is 0 Å². The molecule has 1 aliphatic heterocycles. The highest BCUT2D eigenvalue weighted by Crippen LogP contribution is 2.44. The SMILES string of the molecule is CC1CN(c2nc(C3CC3)c(CN)s2)CCCO1. The van der Waals surface area contributed by atoms with Crippen molar-refractivity contribution < 1.29 is 4.74 Å². The van der Waals surface area contributed by atoms with Crippen molar-refractivity contribution in [1.29, 1.82) is 0 Å². The maximum atomic E-state index is 5.84. The molecule has 1 saturated heterocycles. The molecule has 0 radical (unpaired) electrons. The zero-order valence-corrected chi connectivity index (χ0v) is 11.7. The third-order valence-corrected chi connectivity index (χ3v) is 4.74. The molecule has 18 heavy (non-hydrogen) atoms. The van der Waals surface area contributed by atoms with Crippen LogP contribution in [0.5, 0.6) is 0 Å². The molecule has 1 aliphatic carbocycles. The highest BCUT2D eigenvalue weighted by atomic mass is 32.1. The lowest BCUT2D eigenvalue weighted by atomic mass is 10.2. The number of nitrogens with zero attached hydrogens (tertiary/aromatic N) is 2. The third kappa shape index (κ3) is 2.53. The van der Waals surface area contributed by atoms with Crippen molar-refractivity contribution in [3.63, 3.8) is 0 Å². The van der Waals surface area contributed by atoms with Gasteiger partial charge in [0, 0.05) is 37.0 Å². The number of aromatic nitrogens is 1. The van der Waals surface area contributed by atoms with Crippen molar-refractivity contribution in [2.45, 2.75) is 44.8 Å². The second-order valence-electron chi connectivity index (χ2n) is 5.26. The van der Waals surface area contributed by atoms with Gasteiger partial charge in [-0.05, 0) is 26.2 Å². The van der Waals surface area contributed by atoms with Crippen LogP contribution in [0.3, 0.4) is 0 Å². The third-order valence-electron chi connectivity index (χ3n) is 3.59. The average Bonchev–Trinajstić information content (AvgIpc) is 3.15. The Morgan fingerprint density at radius 1 is 1.50 bits per heavy atom. The van der Waals surface area contributed by atoms with Gasteiger partial charge in [0.25, 0.3) is 0 Å². The summed E-state index contributed by atoms with van der Waals surface area (Å²) < 4.78 is 5.69. The molecule has 0 bridgehead atoms. The number of nitrogens with two attached hydrogens (primary N) is 1. The largest absolute Gasteiger partial charge is 0.377 e. The molecule has 0 aromatic carbocycles. The molecule has 2 heterocycles. The molecular weight excluding hydrogens is 246 g/mol. The van der Waals surface area contributed by atoms with Gasteiger partial charge >= 0.3 is 0 Å². The Balaban J connectivity index is 1.81. The summed E-state index contributed by atoms with van der Waals surface area (Å²) in [6, 6.07) is 0. The standard InChI is InChI=1S/C13H21N3OS/c1-9-8-16(5-2-6-17-9)13-15-12(10-3-4-10)11(7-14)18-13/h9-10H,2-8,14H2,1H3. The van der Waals surface area contributed by atoms with Crippen molar-refractivity contribution in [3.8, 4) is 0 Å². The lowest BCUT2D eigenvalue weighted by Gasteiger charge is -2.20. The van der Waals surface area contributed by atoms with Crippen LogP contribution < -0.4 is 10.6 Å². The van der Waals surface area contributed by atoms with E-state index in [2.05, 4.69) is 11.8 Å². The first kappa shape index (κ1) is 12.4. The van der Waals surface area contributed by atoms with E-state index in [9.17, 15) is 0 Å². The number of rotatable bonds is 3. The summed E-state index contributed by atoms with van der Waals surface area (Å²) in [7, 11) is 0. The van der Waals surface area contributed by atoms with Crippen LogP contribution in [0.25, 0.3) is 0 Å². The van der Waals surface area contributed by atoms with Gasteiger partial charge in [0.05, 0.1) is 11.8 Å². The second-order valence-corrected chi connectivity index (χ2v) is 6.33. The molecule has 1 aromatic heterocycles. The summed E-state index contributed by atoms with van der Waals surface area (Å²) in [5, 5.41) is 1.15. The molecule has 1 unspecified atom stereocenters. The minimum atomic E-state index is 0.294. The highest BCUT2D eigenvalue weighted by molar-refractivity contribution is 7.15. The Kier molecular flexibility index (Phi) is 3.54. The Hall–Kier alpha value is -0.650. The molecule has 100 valence electrons. The predicted molar refractivity (Wildman–Crippen MR) is 74.2 cm³/mol.